The SMILES string of the molecule is COCCc1nnc2ccc(OC)cn12. The average molecular weight is 207 g/mol. The van der Waals surface area contributed by atoms with E-state index in [0.29, 0.717) is 6.61 Å². The smallest absolute Gasteiger partial charge is 0.161 e. The van der Waals surface area contributed by atoms with Gasteiger partial charge in [0.2, 0.25) is 0 Å². The van der Waals surface area contributed by atoms with Gasteiger partial charge in [-0.3, -0.25) is 4.40 Å². The molecule has 0 unspecified atom stereocenters. The molecule has 5 heteroatoms. The first-order chi connectivity index (χ1) is 7.35. The number of rotatable bonds is 4. The lowest BCUT2D eigenvalue weighted by Crippen LogP contribution is -2.00. The third kappa shape index (κ3) is 1.92. The molecule has 0 atom stereocenters. The molecule has 0 aliphatic rings. The van der Waals surface area contributed by atoms with Gasteiger partial charge in [0.25, 0.3) is 0 Å². The lowest BCUT2D eigenvalue weighted by atomic mass is 10.4. The standard InChI is InChI=1S/C10H13N3O2/c1-14-6-5-10-12-11-9-4-3-8(15-2)7-13(9)10/h3-4,7H,5-6H2,1-2H3. The summed E-state index contributed by atoms with van der Waals surface area (Å²) in [5.74, 6) is 1.67. The first-order valence-corrected chi connectivity index (χ1v) is 4.71. The fourth-order valence-corrected chi connectivity index (χ4v) is 1.40. The van der Waals surface area contributed by atoms with Crippen LogP contribution in [0.2, 0.25) is 0 Å². The molecule has 0 radical (unpaired) electrons. The highest BCUT2D eigenvalue weighted by Crippen LogP contribution is 2.13. The van der Waals surface area contributed by atoms with Crippen LogP contribution in [0.15, 0.2) is 18.3 Å². The van der Waals surface area contributed by atoms with Crippen molar-refractivity contribution in [2.75, 3.05) is 20.8 Å². The van der Waals surface area contributed by atoms with E-state index in [9.17, 15) is 0 Å². The summed E-state index contributed by atoms with van der Waals surface area (Å²) in [7, 11) is 3.31. The van der Waals surface area contributed by atoms with Crippen molar-refractivity contribution in [1.29, 1.82) is 0 Å². The van der Waals surface area contributed by atoms with E-state index >= 15 is 0 Å². The summed E-state index contributed by atoms with van der Waals surface area (Å²) in [5, 5.41) is 8.13. The fraction of sp³-hybridized carbons (Fsp3) is 0.400. The van der Waals surface area contributed by atoms with E-state index in [0.717, 1.165) is 23.6 Å². The van der Waals surface area contributed by atoms with E-state index in [-0.39, 0.29) is 0 Å². The van der Waals surface area contributed by atoms with Gasteiger partial charge in [-0.2, -0.15) is 0 Å². The molecule has 0 N–H and O–H groups in total. The van der Waals surface area contributed by atoms with Gasteiger partial charge in [0.05, 0.1) is 19.9 Å². The molecule has 5 nitrogen and oxygen atoms in total. The second kappa shape index (κ2) is 4.27. The van der Waals surface area contributed by atoms with E-state index in [1.165, 1.54) is 0 Å². The zero-order valence-corrected chi connectivity index (χ0v) is 8.80. The summed E-state index contributed by atoms with van der Waals surface area (Å²) < 4.78 is 12.1. The van der Waals surface area contributed by atoms with E-state index in [1.807, 2.05) is 22.7 Å². The van der Waals surface area contributed by atoms with Crippen LogP contribution in [-0.2, 0) is 11.2 Å². The molecule has 2 heterocycles. The van der Waals surface area contributed by atoms with Crippen molar-refractivity contribution in [3.05, 3.63) is 24.2 Å². The largest absolute Gasteiger partial charge is 0.495 e. The van der Waals surface area contributed by atoms with Gasteiger partial charge < -0.3 is 9.47 Å². The maximum atomic E-state index is 5.14. The van der Waals surface area contributed by atoms with Crippen LogP contribution in [0.25, 0.3) is 5.65 Å². The minimum absolute atomic E-state index is 0.637. The van der Waals surface area contributed by atoms with Crippen LogP contribution in [0.1, 0.15) is 5.82 Å². The minimum atomic E-state index is 0.637. The Morgan fingerprint density at radius 1 is 1.27 bits per heavy atom. The molecule has 0 saturated carbocycles. The number of ether oxygens (including phenoxy) is 2. The van der Waals surface area contributed by atoms with Crippen molar-refractivity contribution in [2.45, 2.75) is 6.42 Å². The first kappa shape index (κ1) is 9.92. The van der Waals surface area contributed by atoms with Crippen molar-refractivity contribution in [3.63, 3.8) is 0 Å². The molecule has 2 rings (SSSR count). The number of aromatic nitrogens is 3. The molecule has 0 aromatic carbocycles. The zero-order valence-electron chi connectivity index (χ0n) is 8.80. The van der Waals surface area contributed by atoms with Crippen LogP contribution in [0.5, 0.6) is 5.75 Å². The Morgan fingerprint density at radius 2 is 2.13 bits per heavy atom. The van der Waals surface area contributed by atoms with Gasteiger partial charge in [-0.1, -0.05) is 0 Å². The van der Waals surface area contributed by atoms with Crippen molar-refractivity contribution < 1.29 is 9.47 Å². The molecule has 2 aromatic rings. The van der Waals surface area contributed by atoms with E-state index in [2.05, 4.69) is 10.2 Å². The Hall–Kier alpha value is -1.62. The highest BCUT2D eigenvalue weighted by atomic mass is 16.5. The lowest BCUT2D eigenvalue weighted by Gasteiger charge is -2.02. The molecular weight excluding hydrogens is 194 g/mol. The molecule has 0 aliphatic carbocycles. The maximum absolute atomic E-state index is 5.14. The highest BCUT2D eigenvalue weighted by molar-refractivity contribution is 5.41. The van der Waals surface area contributed by atoms with Gasteiger partial charge in [0.1, 0.15) is 11.6 Å². The van der Waals surface area contributed by atoms with Gasteiger partial charge in [-0.05, 0) is 12.1 Å². The first-order valence-electron chi connectivity index (χ1n) is 4.71. The number of nitrogens with zero attached hydrogens (tertiary/aromatic N) is 3. The molecule has 2 aromatic heterocycles. The van der Waals surface area contributed by atoms with Crippen molar-refractivity contribution in [1.82, 2.24) is 14.6 Å². The van der Waals surface area contributed by atoms with Gasteiger partial charge in [0.15, 0.2) is 5.65 Å². The van der Waals surface area contributed by atoms with Gasteiger partial charge in [-0.15, -0.1) is 10.2 Å². The van der Waals surface area contributed by atoms with E-state index in [1.54, 1.807) is 14.2 Å². The molecule has 0 amide bonds. The van der Waals surface area contributed by atoms with Crippen LogP contribution in [0.4, 0.5) is 0 Å². The number of pyridine rings is 1. The molecule has 0 bridgehead atoms. The quantitative estimate of drug-likeness (QED) is 0.748. The summed E-state index contributed by atoms with van der Waals surface area (Å²) in [6.45, 7) is 0.637. The summed E-state index contributed by atoms with van der Waals surface area (Å²) in [6, 6.07) is 3.74. The molecule has 0 saturated heterocycles. The van der Waals surface area contributed by atoms with Crippen LogP contribution in [0.3, 0.4) is 0 Å². The molecule has 0 fully saturated rings. The summed E-state index contributed by atoms with van der Waals surface area (Å²) >= 11 is 0. The van der Waals surface area contributed by atoms with Gasteiger partial charge in [0, 0.05) is 13.5 Å². The number of hydrogen-bond acceptors (Lipinski definition) is 4. The highest BCUT2D eigenvalue weighted by Gasteiger charge is 2.05. The molecule has 0 spiro atoms. The van der Waals surface area contributed by atoms with E-state index in [4.69, 9.17) is 9.47 Å². The monoisotopic (exact) mass is 207 g/mol. The normalized spacial score (nSPS) is 10.8. The Labute approximate surface area is 87.6 Å². The number of methoxy groups -OCH3 is 2. The number of fused-ring (bicyclic) bond motifs is 1. The maximum Gasteiger partial charge on any atom is 0.161 e. The van der Waals surface area contributed by atoms with Crippen LogP contribution >= 0.6 is 0 Å². The zero-order chi connectivity index (χ0) is 10.7. The van der Waals surface area contributed by atoms with Crippen LogP contribution in [0, 0.1) is 0 Å². The van der Waals surface area contributed by atoms with Crippen molar-refractivity contribution in [2.24, 2.45) is 0 Å². The lowest BCUT2D eigenvalue weighted by molar-refractivity contribution is 0.200. The van der Waals surface area contributed by atoms with E-state index < -0.39 is 0 Å². The summed E-state index contributed by atoms with van der Waals surface area (Å²) in [6.07, 6.45) is 2.62. The Balaban J connectivity index is 2.38. The molecule has 15 heavy (non-hydrogen) atoms. The summed E-state index contributed by atoms with van der Waals surface area (Å²) in [4.78, 5) is 0. The van der Waals surface area contributed by atoms with Gasteiger partial charge >= 0.3 is 0 Å². The Kier molecular flexibility index (Phi) is 2.82. The molecule has 80 valence electrons. The molecular formula is C10H13N3O2. The predicted molar refractivity (Wildman–Crippen MR) is 55.1 cm³/mol. The predicted octanol–water partition coefficient (Wildman–Crippen LogP) is 0.927. The second-order valence-electron chi connectivity index (χ2n) is 3.16. The minimum Gasteiger partial charge on any atom is -0.495 e. The van der Waals surface area contributed by atoms with Crippen LogP contribution in [-0.4, -0.2) is 35.4 Å². The topological polar surface area (TPSA) is 48.7 Å². The van der Waals surface area contributed by atoms with Crippen molar-refractivity contribution >= 4 is 5.65 Å². The summed E-state index contributed by atoms with van der Waals surface area (Å²) in [5.41, 5.74) is 0.821. The molecule has 0 aliphatic heterocycles. The second-order valence-corrected chi connectivity index (χ2v) is 3.16. The van der Waals surface area contributed by atoms with Gasteiger partial charge in [-0.25, -0.2) is 0 Å². The fourth-order valence-electron chi connectivity index (χ4n) is 1.40. The Morgan fingerprint density at radius 3 is 2.87 bits per heavy atom. The third-order valence-electron chi connectivity index (χ3n) is 2.21. The Bertz CT molecular complexity index is 453. The number of hydrogen-bond donors (Lipinski definition) is 0. The van der Waals surface area contributed by atoms with Crippen molar-refractivity contribution in [3.8, 4) is 5.75 Å². The van der Waals surface area contributed by atoms with Crippen LogP contribution < -0.4 is 4.74 Å². The third-order valence-corrected chi connectivity index (χ3v) is 2.21. The average Bonchev–Trinajstić information content (AvgIpc) is 2.68.